The number of thiazole rings is 1. The molecule has 7 nitrogen and oxygen atoms in total. The van der Waals surface area contributed by atoms with Crippen LogP contribution in [0.1, 0.15) is 17.3 Å². The summed E-state index contributed by atoms with van der Waals surface area (Å²) in [6.07, 6.45) is 0. The highest BCUT2D eigenvalue weighted by Gasteiger charge is 2.21. The van der Waals surface area contributed by atoms with Gasteiger partial charge in [0.1, 0.15) is 13.2 Å². The summed E-state index contributed by atoms with van der Waals surface area (Å²) in [4.78, 5) is 17.5. The second kappa shape index (κ2) is 7.06. The molecule has 0 aliphatic carbocycles. The molecule has 28 heavy (non-hydrogen) atoms. The monoisotopic (exact) mass is 418 g/mol. The Kier molecular flexibility index (Phi) is 4.72. The van der Waals surface area contributed by atoms with Crippen LogP contribution in [0.25, 0.3) is 10.2 Å². The highest BCUT2D eigenvalue weighted by Crippen LogP contribution is 2.35. The normalized spacial score (nSPS) is 14.4. The molecule has 2 aromatic carbocycles. The molecule has 0 atom stereocenters. The van der Waals surface area contributed by atoms with Gasteiger partial charge in [0.15, 0.2) is 26.1 Å². The molecule has 0 saturated carbocycles. The molecule has 4 rings (SSSR count). The summed E-state index contributed by atoms with van der Waals surface area (Å²) in [5, 5.41) is 0. The third-order valence-electron chi connectivity index (χ3n) is 4.50. The smallest absolute Gasteiger partial charge is 0.280 e. The number of hydrogen-bond donors (Lipinski definition) is 0. The number of rotatable bonds is 3. The van der Waals surface area contributed by atoms with E-state index >= 15 is 0 Å². The number of ether oxygens (including phenoxy) is 2. The summed E-state index contributed by atoms with van der Waals surface area (Å²) in [5.41, 5.74) is 0.933. The van der Waals surface area contributed by atoms with Crippen LogP contribution in [-0.2, 0) is 16.9 Å². The molecule has 0 unspecified atom stereocenters. The zero-order valence-electron chi connectivity index (χ0n) is 15.3. The van der Waals surface area contributed by atoms with Gasteiger partial charge in [-0.1, -0.05) is 30.4 Å². The summed E-state index contributed by atoms with van der Waals surface area (Å²) in [5.74, 6) is 0.647. The fourth-order valence-electron chi connectivity index (χ4n) is 2.99. The predicted molar refractivity (Wildman–Crippen MR) is 106 cm³/mol. The summed E-state index contributed by atoms with van der Waals surface area (Å²) in [7, 11) is -1.73. The Morgan fingerprint density at radius 2 is 1.86 bits per heavy atom. The van der Waals surface area contributed by atoms with Crippen molar-refractivity contribution in [2.75, 3.05) is 19.0 Å². The number of aryl methyl sites for hydroxylation is 1. The van der Waals surface area contributed by atoms with Crippen LogP contribution in [0.2, 0.25) is 0 Å². The van der Waals surface area contributed by atoms with Crippen LogP contribution in [0.5, 0.6) is 11.5 Å². The maximum Gasteiger partial charge on any atom is 0.280 e. The van der Waals surface area contributed by atoms with Crippen LogP contribution < -0.4 is 14.3 Å². The fourth-order valence-corrected chi connectivity index (χ4v) is 5.10. The Balaban J connectivity index is 1.83. The lowest BCUT2D eigenvalue weighted by Crippen LogP contribution is -2.16. The first-order valence-corrected chi connectivity index (χ1v) is 11.2. The van der Waals surface area contributed by atoms with Crippen LogP contribution in [0.15, 0.2) is 46.3 Å². The molecular weight excluding hydrogens is 400 g/mol. The van der Waals surface area contributed by atoms with E-state index in [4.69, 9.17) is 9.47 Å². The average molecular weight is 418 g/mol. The Morgan fingerprint density at radius 3 is 2.57 bits per heavy atom. The topological polar surface area (TPSA) is 87.0 Å². The molecular formula is C19H18N2O5S2. The molecule has 0 fully saturated rings. The van der Waals surface area contributed by atoms with Gasteiger partial charge >= 0.3 is 0 Å². The average Bonchev–Trinajstić information content (AvgIpc) is 3.00. The van der Waals surface area contributed by atoms with E-state index < -0.39 is 15.7 Å². The van der Waals surface area contributed by atoms with E-state index in [0.29, 0.717) is 29.5 Å². The second-order valence-electron chi connectivity index (χ2n) is 6.22. The van der Waals surface area contributed by atoms with Gasteiger partial charge in [-0.05, 0) is 12.1 Å². The van der Waals surface area contributed by atoms with Gasteiger partial charge in [0.05, 0.1) is 26.4 Å². The Hall–Kier alpha value is -2.65. The summed E-state index contributed by atoms with van der Waals surface area (Å²) in [6.45, 7) is 2.53. The Labute approximate surface area is 165 Å². The molecule has 0 saturated heterocycles. The lowest BCUT2D eigenvalue weighted by Gasteiger charge is -2.18. The van der Waals surface area contributed by atoms with Crippen LogP contribution in [0.3, 0.4) is 0 Å². The molecule has 0 radical (unpaired) electrons. The summed E-state index contributed by atoms with van der Waals surface area (Å²) >= 11 is 1.33. The first-order chi connectivity index (χ1) is 13.4. The van der Waals surface area contributed by atoms with E-state index in [-0.39, 0.29) is 16.2 Å². The quantitative estimate of drug-likeness (QED) is 0.652. The minimum absolute atomic E-state index is 0.00674. The molecule has 2 heterocycles. The highest BCUT2D eigenvalue weighted by atomic mass is 32.2. The van der Waals surface area contributed by atoms with E-state index in [1.54, 1.807) is 30.7 Å². The molecule has 9 heteroatoms. The van der Waals surface area contributed by atoms with Crippen molar-refractivity contribution in [2.24, 2.45) is 12.0 Å². The number of aromatic nitrogens is 1. The second-order valence-corrected chi connectivity index (χ2v) is 9.48. The van der Waals surface area contributed by atoms with Gasteiger partial charge in [-0.15, -0.1) is 0 Å². The van der Waals surface area contributed by atoms with Gasteiger partial charge in [-0.25, -0.2) is 8.42 Å². The first-order valence-electron chi connectivity index (χ1n) is 8.70. The van der Waals surface area contributed by atoms with Crippen molar-refractivity contribution >= 4 is 37.3 Å². The summed E-state index contributed by atoms with van der Waals surface area (Å²) in [6, 6.07) is 9.89. The number of carbonyl (C=O) groups excluding carboxylic acids is 1. The fraction of sp³-hybridized carbons (Fsp3) is 0.263. The molecule has 0 N–H and O–H groups in total. The van der Waals surface area contributed by atoms with Crippen molar-refractivity contribution < 1.29 is 22.7 Å². The lowest BCUT2D eigenvalue weighted by atomic mass is 10.2. The molecule has 1 amide bonds. The van der Waals surface area contributed by atoms with Crippen molar-refractivity contribution in [2.45, 2.75) is 11.8 Å². The highest BCUT2D eigenvalue weighted by molar-refractivity contribution is 7.91. The predicted octanol–water partition coefficient (Wildman–Crippen LogP) is 2.55. The number of amides is 1. The third kappa shape index (κ3) is 3.20. The van der Waals surface area contributed by atoms with E-state index in [1.165, 1.54) is 23.5 Å². The number of hydrogen-bond acceptors (Lipinski definition) is 6. The van der Waals surface area contributed by atoms with E-state index in [0.717, 1.165) is 10.2 Å². The number of nitrogens with zero attached hydrogens (tertiary/aromatic N) is 2. The van der Waals surface area contributed by atoms with Gasteiger partial charge in [-0.2, -0.15) is 4.99 Å². The van der Waals surface area contributed by atoms with Gasteiger partial charge in [0.25, 0.3) is 5.91 Å². The maximum absolute atomic E-state index is 12.8. The van der Waals surface area contributed by atoms with Gasteiger partial charge in [0.2, 0.25) is 0 Å². The number of fused-ring (bicyclic) bond motifs is 2. The van der Waals surface area contributed by atoms with Gasteiger partial charge in [-0.3, -0.25) is 4.79 Å². The van der Waals surface area contributed by atoms with Crippen molar-refractivity contribution in [3.63, 3.8) is 0 Å². The zero-order valence-corrected chi connectivity index (χ0v) is 17.0. The molecule has 3 aromatic rings. The molecule has 1 aliphatic heterocycles. The number of sulfone groups is 1. The zero-order chi connectivity index (χ0) is 19.9. The minimum atomic E-state index is -3.53. The third-order valence-corrected chi connectivity index (χ3v) is 7.38. The van der Waals surface area contributed by atoms with E-state index in [9.17, 15) is 13.2 Å². The lowest BCUT2D eigenvalue weighted by molar-refractivity contribution is 0.0995. The van der Waals surface area contributed by atoms with Crippen molar-refractivity contribution in [3.8, 4) is 11.5 Å². The van der Waals surface area contributed by atoms with E-state index in [2.05, 4.69) is 4.99 Å². The van der Waals surface area contributed by atoms with E-state index in [1.807, 2.05) is 12.1 Å². The number of carbonyl (C=O) groups is 1. The van der Waals surface area contributed by atoms with Crippen LogP contribution in [-0.4, -0.2) is 37.9 Å². The first kappa shape index (κ1) is 18.7. The Bertz CT molecular complexity index is 1260. The van der Waals surface area contributed by atoms with Crippen molar-refractivity contribution in [1.29, 1.82) is 0 Å². The van der Waals surface area contributed by atoms with Crippen molar-refractivity contribution in [3.05, 3.63) is 46.8 Å². The maximum atomic E-state index is 12.8. The van der Waals surface area contributed by atoms with Crippen molar-refractivity contribution in [1.82, 2.24) is 4.57 Å². The van der Waals surface area contributed by atoms with Gasteiger partial charge < -0.3 is 14.0 Å². The standard InChI is InChI=1S/C19H18N2O5S2/c1-3-28(23,24)17-7-5-4-6-12(17)18(22)20-19-21(2)13-10-14-15(11-16(13)27-19)26-9-8-25-14/h4-7,10-11H,3,8-9H2,1-2H3. The molecule has 0 spiro atoms. The number of benzene rings is 2. The van der Waals surface area contributed by atoms with Crippen LogP contribution >= 0.6 is 11.3 Å². The molecule has 0 bridgehead atoms. The Morgan fingerprint density at radius 1 is 1.18 bits per heavy atom. The molecule has 1 aliphatic rings. The molecule has 1 aromatic heterocycles. The van der Waals surface area contributed by atoms with Crippen LogP contribution in [0, 0.1) is 0 Å². The SMILES string of the molecule is CCS(=O)(=O)c1ccccc1C(=O)N=c1sc2cc3c(cc2n1C)OCCO3. The van der Waals surface area contributed by atoms with Gasteiger partial charge in [0, 0.05) is 19.2 Å². The summed E-state index contributed by atoms with van der Waals surface area (Å²) < 4.78 is 38.5. The minimum Gasteiger partial charge on any atom is -0.486 e. The largest absolute Gasteiger partial charge is 0.486 e. The molecule has 146 valence electrons. The van der Waals surface area contributed by atoms with Crippen LogP contribution in [0.4, 0.5) is 0 Å².